The molecular weight excluding hydrogens is 338 g/mol. The summed E-state index contributed by atoms with van der Waals surface area (Å²) in [5.74, 6) is 0.883. The van der Waals surface area contributed by atoms with Crippen LogP contribution >= 0.6 is 11.8 Å². The molecule has 0 N–H and O–H groups in total. The fourth-order valence-corrected chi connectivity index (χ4v) is 3.69. The molecule has 3 aromatic rings. The fourth-order valence-electron chi connectivity index (χ4n) is 2.94. The van der Waals surface area contributed by atoms with Crippen LogP contribution in [-0.2, 0) is 11.2 Å². The lowest BCUT2D eigenvalue weighted by Gasteiger charge is -2.31. The quantitative estimate of drug-likeness (QED) is 0.663. The molecular formula is C18H17N3O3S. The summed E-state index contributed by atoms with van der Waals surface area (Å²) < 4.78 is 10.8. The number of benzene rings is 1. The van der Waals surface area contributed by atoms with E-state index in [0.717, 1.165) is 25.1 Å². The third-order valence-corrected chi connectivity index (χ3v) is 5.06. The largest absolute Gasteiger partial charge is 0.459 e. The van der Waals surface area contributed by atoms with E-state index < -0.39 is 0 Å². The van der Waals surface area contributed by atoms with Gasteiger partial charge in [0.15, 0.2) is 5.76 Å². The van der Waals surface area contributed by atoms with Crippen LogP contribution in [0.25, 0.3) is 11.7 Å². The predicted molar refractivity (Wildman–Crippen MR) is 94.4 cm³/mol. The number of anilines is 1. The van der Waals surface area contributed by atoms with Crippen LogP contribution in [0.5, 0.6) is 0 Å². The Labute approximate surface area is 149 Å². The Kier molecular flexibility index (Phi) is 4.31. The van der Waals surface area contributed by atoms with Crippen molar-refractivity contribution in [3.8, 4) is 11.7 Å². The van der Waals surface area contributed by atoms with Crippen molar-refractivity contribution in [2.45, 2.75) is 30.2 Å². The molecule has 4 rings (SSSR count). The van der Waals surface area contributed by atoms with Gasteiger partial charge in [-0.3, -0.25) is 4.79 Å². The summed E-state index contributed by atoms with van der Waals surface area (Å²) in [5, 5.41) is 8.00. The molecule has 2 aromatic heterocycles. The fraction of sp³-hybridized carbons (Fsp3) is 0.278. The summed E-state index contributed by atoms with van der Waals surface area (Å²) in [7, 11) is 0. The minimum Gasteiger partial charge on any atom is -0.459 e. The van der Waals surface area contributed by atoms with Gasteiger partial charge in [0.2, 0.25) is 5.91 Å². The molecule has 0 aliphatic carbocycles. The highest BCUT2D eigenvalue weighted by atomic mass is 32.2. The maximum Gasteiger partial charge on any atom is 0.284 e. The number of para-hydroxylation sites is 1. The van der Waals surface area contributed by atoms with E-state index in [1.54, 1.807) is 18.4 Å². The number of nitrogens with zero attached hydrogens (tertiary/aromatic N) is 3. The number of thioether (sulfide) groups is 1. The highest BCUT2D eigenvalue weighted by Gasteiger charge is 2.28. The first kappa shape index (κ1) is 16.0. The predicted octanol–water partition coefficient (Wildman–Crippen LogP) is 3.79. The van der Waals surface area contributed by atoms with Gasteiger partial charge in [-0.25, -0.2) is 0 Å². The zero-order chi connectivity index (χ0) is 17.2. The Morgan fingerprint density at radius 1 is 1.24 bits per heavy atom. The second-order valence-electron chi connectivity index (χ2n) is 5.83. The molecule has 0 bridgehead atoms. The van der Waals surface area contributed by atoms with Crippen LogP contribution in [0.1, 0.15) is 18.9 Å². The lowest BCUT2D eigenvalue weighted by atomic mass is 10.0. The number of hydrogen-bond donors (Lipinski definition) is 0. The second kappa shape index (κ2) is 6.76. The molecule has 0 fully saturated rings. The third kappa shape index (κ3) is 3.19. The summed E-state index contributed by atoms with van der Waals surface area (Å²) in [6.45, 7) is 2.60. The van der Waals surface area contributed by atoms with Crippen molar-refractivity contribution in [2.75, 3.05) is 11.4 Å². The molecule has 1 amide bonds. The Balaban J connectivity index is 1.48. The smallest absolute Gasteiger partial charge is 0.284 e. The number of aromatic nitrogens is 2. The van der Waals surface area contributed by atoms with Gasteiger partial charge in [-0.2, -0.15) is 0 Å². The number of amides is 1. The highest BCUT2D eigenvalue weighted by molar-refractivity contribution is 8.00. The van der Waals surface area contributed by atoms with Gasteiger partial charge in [-0.1, -0.05) is 30.0 Å². The Bertz CT molecular complexity index is 875. The van der Waals surface area contributed by atoms with E-state index in [4.69, 9.17) is 8.83 Å². The van der Waals surface area contributed by atoms with Crippen LogP contribution in [0.15, 0.2) is 56.7 Å². The number of furan rings is 1. The van der Waals surface area contributed by atoms with Crippen molar-refractivity contribution in [1.29, 1.82) is 0 Å². The number of carbonyl (C=O) groups excluding carboxylic acids is 1. The molecule has 0 saturated carbocycles. The van der Waals surface area contributed by atoms with Crippen molar-refractivity contribution in [2.24, 2.45) is 0 Å². The second-order valence-corrected chi connectivity index (χ2v) is 7.12. The first-order valence-corrected chi connectivity index (χ1v) is 9.03. The third-order valence-electron chi connectivity index (χ3n) is 4.14. The van der Waals surface area contributed by atoms with Crippen molar-refractivity contribution in [3.05, 3.63) is 48.2 Å². The standard InChI is InChI=1S/C18H17N3O3S/c1-12(25-18-20-19-16(24-18)15-9-5-11-23-15)17(22)21-10-4-7-13-6-2-3-8-14(13)21/h2-3,5-6,8-9,11-12H,4,7,10H2,1H3/t12-/m0/s1. The zero-order valence-electron chi connectivity index (χ0n) is 13.7. The first-order chi connectivity index (χ1) is 12.2. The maximum absolute atomic E-state index is 12.9. The number of rotatable bonds is 4. The minimum atomic E-state index is -0.323. The number of carbonyl (C=O) groups is 1. The number of aryl methyl sites for hydroxylation is 1. The van der Waals surface area contributed by atoms with Crippen molar-refractivity contribution in [3.63, 3.8) is 0 Å². The maximum atomic E-state index is 12.9. The SMILES string of the molecule is C[C@H](Sc1nnc(-c2ccco2)o1)C(=O)N1CCCc2ccccc21. The first-order valence-electron chi connectivity index (χ1n) is 8.15. The van der Waals surface area contributed by atoms with Gasteiger partial charge in [0.05, 0.1) is 11.5 Å². The summed E-state index contributed by atoms with van der Waals surface area (Å²) in [6.07, 6.45) is 3.54. The van der Waals surface area contributed by atoms with E-state index in [2.05, 4.69) is 16.3 Å². The molecule has 1 aliphatic rings. The van der Waals surface area contributed by atoms with Crippen LogP contribution in [0.4, 0.5) is 5.69 Å². The topological polar surface area (TPSA) is 72.4 Å². The summed E-state index contributed by atoms with van der Waals surface area (Å²) in [4.78, 5) is 14.8. The van der Waals surface area contributed by atoms with Crippen molar-refractivity contribution in [1.82, 2.24) is 10.2 Å². The molecule has 0 spiro atoms. The van der Waals surface area contributed by atoms with E-state index in [-0.39, 0.29) is 11.2 Å². The van der Waals surface area contributed by atoms with Gasteiger partial charge in [-0.15, -0.1) is 10.2 Å². The number of fused-ring (bicyclic) bond motifs is 1. The van der Waals surface area contributed by atoms with E-state index in [9.17, 15) is 4.79 Å². The summed E-state index contributed by atoms with van der Waals surface area (Å²) in [6, 6.07) is 11.6. The molecule has 7 heteroatoms. The molecule has 1 aromatic carbocycles. The normalized spacial score (nSPS) is 15.0. The van der Waals surface area contributed by atoms with Crippen LogP contribution in [0.2, 0.25) is 0 Å². The van der Waals surface area contributed by atoms with Crippen LogP contribution in [0, 0.1) is 0 Å². The average molecular weight is 355 g/mol. The van der Waals surface area contributed by atoms with Crippen LogP contribution < -0.4 is 4.90 Å². The Morgan fingerprint density at radius 3 is 2.96 bits per heavy atom. The van der Waals surface area contributed by atoms with E-state index in [1.807, 2.05) is 30.0 Å². The monoisotopic (exact) mass is 355 g/mol. The van der Waals surface area contributed by atoms with Crippen molar-refractivity contribution < 1.29 is 13.6 Å². The van der Waals surface area contributed by atoms with Gasteiger partial charge in [-0.05, 0) is 43.5 Å². The van der Waals surface area contributed by atoms with E-state index in [1.165, 1.54) is 17.3 Å². The summed E-state index contributed by atoms with van der Waals surface area (Å²) >= 11 is 1.26. The van der Waals surface area contributed by atoms with E-state index >= 15 is 0 Å². The van der Waals surface area contributed by atoms with Crippen LogP contribution in [0.3, 0.4) is 0 Å². The zero-order valence-corrected chi connectivity index (χ0v) is 14.5. The van der Waals surface area contributed by atoms with Crippen molar-refractivity contribution >= 4 is 23.4 Å². The molecule has 0 saturated heterocycles. The molecule has 128 valence electrons. The number of hydrogen-bond acceptors (Lipinski definition) is 6. The van der Waals surface area contributed by atoms with E-state index in [0.29, 0.717) is 16.9 Å². The van der Waals surface area contributed by atoms with Gasteiger partial charge in [0.1, 0.15) is 0 Å². The van der Waals surface area contributed by atoms with Gasteiger partial charge in [0, 0.05) is 12.2 Å². The van der Waals surface area contributed by atoms with Gasteiger partial charge >= 0.3 is 0 Å². The Morgan fingerprint density at radius 2 is 2.12 bits per heavy atom. The molecule has 25 heavy (non-hydrogen) atoms. The summed E-state index contributed by atoms with van der Waals surface area (Å²) in [5.41, 5.74) is 2.23. The molecule has 0 unspecified atom stereocenters. The lowest BCUT2D eigenvalue weighted by Crippen LogP contribution is -2.40. The molecule has 1 atom stereocenters. The Hall–Kier alpha value is -2.54. The van der Waals surface area contributed by atoms with Gasteiger partial charge in [0.25, 0.3) is 11.1 Å². The molecule has 1 aliphatic heterocycles. The molecule has 3 heterocycles. The lowest BCUT2D eigenvalue weighted by molar-refractivity contribution is -0.117. The van der Waals surface area contributed by atoms with Gasteiger partial charge < -0.3 is 13.7 Å². The minimum absolute atomic E-state index is 0.0508. The molecule has 6 nitrogen and oxygen atoms in total. The van der Waals surface area contributed by atoms with Crippen LogP contribution in [-0.4, -0.2) is 27.9 Å². The molecule has 0 radical (unpaired) electrons. The highest BCUT2D eigenvalue weighted by Crippen LogP contribution is 2.31. The average Bonchev–Trinajstić information content (AvgIpc) is 3.32.